The predicted molar refractivity (Wildman–Crippen MR) is 267 cm³/mol. The third-order valence-corrected chi connectivity index (χ3v) is 16.9. The van der Waals surface area contributed by atoms with Crippen LogP contribution in [-0.2, 0) is 52.3 Å². The van der Waals surface area contributed by atoms with Crippen molar-refractivity contribution >= 4 is 35.9 Å². The summed E-state index contributed by atoms with van der Waals surface area (Å²) in [4.78, 5) is 91.5. The number of nitrogens with zero attached hydrogens (tertiary/aromatic N) is 2. The summed E-state index contributed by atoms with van der Waals surface area (Å²) in [6.07, 6.45) is -5.33. The number of rotatable bonds is 12. The summed E-state index contributed by atoms with van der Waals surface area (Å²) in [7, 11) is 2.81. The van der Waals surface area contributed by atoms with Gasteiger partial charge < -0.3 is 58.1 Å². The lowest BCUT2D eigenvalue weighted by atomic mass is 9.44. The van der Waals surface area contributed by atoms with Crippen LogP contribution < -0.4 is 5.32 Å². The summed E-state index contributed by atoms with van der Waals surface area (Å²) in [5.74, 6) is -4.51. The summed E-state index contributed by atoms with van der Waals surface area (Å²) >= 11 is 0. The summed E-state index contributed by atoms with van der Waals surface area (Å²) in [5, 5.41) is 16.9. The van der Waals surface area contributed by atoms with Gasteiger partial charge in [0.2, 0.25) is 6.10 Å². The number of aliphatic hydroxyl groups is 1. The molecule has 74 heavy (non-hydrogen) atoms. The number of piperidine rings is 2. The summed E-state index contributed by atoms with van der Waals surface area (Å²) in [5.41, 5.74) is -6.96. The number of fused-ring (bicyclic) bond motifs is 5. The van der Waals surface area contributed by atoms with E-state index >= 15 is 9.59 Å². The summed E-state index contributed by atoms with van der Waals surface area (Å²) in [6.45, 7) is 15.6. The Balaban J connectivity index is 1.24. The zero-order valence-electron chi connectivity index (χ0n) is 44.5. The number of hydrogen-bond acceptors (Lipinski definition) is 16. The fraction of sp³-hybridized carbons (Fsp3) is 0.643. The molecule has 2 bridgehead atoms. The van der Waals surface area contributed by atoms with Gasteiger partial charge in [0.15, 0.2) is 11.4 Å². The highest BCUT2D eigenvalue weighted by molar-refractivity contribution is 5.94. The molecule has 2 N–H and O–H groups in total. The number of hydrogen-bond donors (Lipinski definition) is 2. The lowest BCUT2D eigenvalue weighted by molar-refractivity contribution is -0.347. The van der Waals surface area contributed by atoms with Crippen molar-refractivity contribution in [3.8, 4) is 0 Å². The van der Waals surface area contributed by atoms with Crippen molar-refractivity contribution in [2.45, 2.75) is 166 Å². The molecule has 0 spiro atoms. The lowest BCUT2D eigenvalue weighted by Gasteiger charge is -2.67. The number of amides is 2. The minimum absolute atomic E-state index is 0.106. The molecule has 8 rings (SSSR count). The maximum atomic E-state index is 15.9. The van der Waals surface area contributed by atoms with Crippen molar-refractivity contribution < 1.29 is 71.8 Å². The average molecular weight is 1030 g/mol. The zero-order valence-corrected chi connectivity index (χ0v) is 44.5. The first-order chi connectivity index (χ1) is 35.0. The van der Waals surface area contributed by atoms with E-state index < -0.39 is 119 Å². The lowest BCUT2D eigenvalue weighted by Crippen LogP contribution is -2.82. The van der Waals surface area contributed by atoms with Gasteiger partial charge in [0.1, 0.15) is 41.7 Å². The molecule has 404 valence electrons. The second-order valence-corrected chi connectivity index (χ2v) is 22.7. The SMILES string of the molecule is COC1C(=O)C2(C)C(OC)CC3OCC3(OC(C)=O)C2C(OC(=O)c2ccccc2)C2(O)CC(OC(=O)C(OC(=O)N3CCC(N4CCCCC4)CC3)C(NC(=O)OC(C)(C)C)c3ccccc3)C(C)=C1C2(C)C. The van der Waals surface area contributed by atoms with E-state index in [0.29, 0.717) is 43.1 Å². The second kappa shape index (κ2) is 21.3. The minimum atomic E-state index is -2.28. The van der Waals surface area contributed by atoms with Crippen LogP contribution in [0, 0.1) is 16.7 Å². The highest BCUT2D eigenvalue weighted by Crippen LogP contribution is 2.65. The first-order valence-electron chi connectivity index (χ1n) is 26.1. The van der Waals surface area contributed by atoms with Crippen LogP contribution >= 0.6 is 0 Å². The molecule has 0 aromatic heterocycles. The van der Waals surface area contributed by atoms with Crippen LogP contribution in [0.4, 0.5) is 9.59 Å². The van der Waals surface area contributed by atoms with E-state index in [4.69, 9.17) is 37.9 Å². The largest absolute Gasteiger partial charge is 0.455 e. The maximum Gasteiger partial charge on any atom is 0.410 e. The van der Waals surface area contributed by atoms with Crippen LogP contribution in [-0.4, -0.2) is 157 Å². The molecule has 11 atom stereocenters. The number of alkyl carbamates (subject to hydrolysis) is 1. The molecular weight excluding hydrogens is 955 g/mol. The van der Waals surface area contributed by atoms with Gasteiger partial charge >= 0.3 is 30.1 Å². The number of carbonyl (C=O) groups is 6. The van der Waals surface area contributed by atoms with Crippen molar-refractivity contribution in [1.29, 1.82) is 0 Å². The molecule has 3 aliphatic carbocycles. The molecule has 11 unspecified atom stereocenters. The van der Waals surface area contributed by atoms with Crippen LogP contribution in [0.15, 0.2) is 71.8 Å². The standard InChI is InChI=1S/C56H75N3O15/c1-33-38(70-49(63)44(42(35-20-14-11-15-21-35)57-50(64)74-52(3,4)5)71-51(65)59-28-24-37(25-29-59)58-26-18-13-19-27-58)31-56(66)47(72-48(62)36-22-16-12-17-23-36)45-54(8,46(61)43(68-10)41(33)53(56,6)7)39(67-9)30-40-55(45,32-69-40)73-34(2)60/h11-12,14-17,20-23,37-40,42-45,47,66H,13,18-19,24-32H2,1-10H3,(H,57,64). The van der Waals surface area contributed by atoms with E-state index in [1.807, 2.05) is 0 Å². The van der Waals surface area contributed by atoms with Gasteiger partial charge in [-0.1, -0.05) is 68.8 Å². The van der Waals surface area contributed by atoms with Crippen molar-refractivity contribution in [3.05, 3.63) is 82.9 Å². The van der Waals surface area contributed by atoms with Gasteiger partial charge in [0, 0.05) is 58.5 Å². The van der Waals surface area contributed by atoms with Crippen LogP contribution in [0.3, 0.4) is 0 Å². The van der Waals surface area contributed by atoms with E-state index in [0.717, 1.165) is 25.9 Å². The monoisotopic (exact) mass is 1030 g/mol. The highest BCUT2D eigenvalue weighted by Gasteiger charge is 2.78. The van der Waals surface area contributed by atoms with Crippen LogP contribution in [0.5, 0.6) is 0 Å². The molecule has 2 saturated carbocycles. The first-order valence-corrected chi connectivity index (χ1v) is 26.1. The van der Waals surface area contributed by atoms with Crippen molar-refractivity contribution in [3.63, 3.8) is 0 Å². The van der Waals surface area contributed by atoms with Crippen LogP contribution in [0.1, 0.15) is 122 Å². The van der Waals surface area contributed by atoms with Crippen molar-refractivity contribution in [1.82, 2.24) is 15.1 Å². The number of esters is 3. The number of carbonyl (C=O) groups excluding carboxylic acids is 6. The van der Waals surface area contributed by atoms with Gasteiger partial charge in [-0.2, -0.15) is 0 Å². The van der Waals surface area contributed by atoms with E-state index in [-0.39, 0.29) is 24.2 Å². The maximum absolute atomic E-state index is 15.9. The molecule has 5 fully saturated rings. The third kappa shape index (κ3) is 10.1. The number of ketones is 1. The molecule has 3 saturated heterocycles. The Hall–Kier alpha value is -5.40. The summed E-state index contributed by atoms with van der Waals surface area (Å²) < 4.78 is 49.9. The molecule has 2 aromatic carbocycles. The molecule has 2 amide bonds. The fourth-order valence-electron chi connectivity index (χ4n) is 13.1. The fourth-order valence-corrected chi connectivity index (χ4v) is 13.1. The minimum Gasteiger partial charge on any atom is -0.455 e. The predicted octanol–water partition coefficient (Wildman–Crippen LogP) is 6.66. The van der Waals surface area contributed by atoms with Crippen molar-refractivity contribution in [2.75, 3.05) is 47.0 Å². The van der Waals surface area contributed by atoms with Gasteiger partial charge in [0.25, 0.3) is 0 Å². The number of ether oxygens (including phenoxy) is 8. The highest BCUT2D eigenvalue weighted by atomic mass is 16.6. The number of likely N-dealkylation sites (tertiary alicyclic amines) is 2. The van der Waals surface area contributed by atoms with Crippen LogP contribution in [0.2, 0.25) is 0 Å². The molecule has 3 heterocycles. The Morgan fingerprint density at radius 1 is 0.865 bits per heavy atom. The Kier molecular flexibility index (Phi) is 15.8. The molecule has 18 nitrogen and oxygen atoms in total. The Morgan fingerprint density at radius 3 is 2.07 bits per heavy atom. The Morgan fingerprint density at radius 2 is 1.50 bits per heavy atom. The number of methoxy groups -OCH3 is 2. The zero-order chi connectivity index (χ0) is 53.5. The van der Waals surface area contributed by atoms with E-state index in [9.17, 15) is 24.3 Å². The molecular formula is C56H75N3O15. The average Bonchev–Trinajstić information content (AvgIpc) is 3.37. The van der Waals surface area contributed by atoms with Gasteiger partial charge in [-0.05, 0) is 102 Å². The Labute approximate surface area is 434 Å². The van der Waals surface area contributed by atoms with Gasteiger partial charge in [-0.15, -0.1) is 0 Å². The third-order valence-electron chi connectivity index (χ3n) is 16.9. The Bertz CT molecular complexity index is 2450. The molecule has 0 radical (unpaired) electrons. The van der Waals surface area contributed by atoms with Gasteiger partial charge in [-0.25, -0.2) is 19.2 Å². The van der Waals surface area contributed by atoms with E-state index in [2.05, 4.69) is 10.2 Å². The molecule has 3 aliphatic heterocycles. The summed E-state index contributed by atoms with van der Waals surface area (Å²) in [6, 6.07) is 15.6. The first kappa shape index (κ1) is 54.8. The van der Waals surface area contributed by atoms with Gasteiger partial charge in [-0.3, -0.25) is 9.59 Å². The number of Topliss-reactive ketones (excluding diaryl/α,β-unsaturated/α-hetero) is 1. The van der Waals surface area contributed by atoms with E-state index in [1.165, 1.54) is 27.6 Å². The smallest absolute Gasteiger partial charge is 0.410 e. The van der Waals surface area contributed by atoms with Crippen LogP contribution in [0.25, 0.3) is 0 Å². The number of benzene rings is 2. The second-order valence-electron chi connectivity index (χ2n) is 22.7. The quantitative estimate of drug-likeness (QED) is 0.129. The van der Waals surface area contributed by atoms with Crippen molar-refractivity contribution in [2.24, 2.45) is 16.7 Å². The van der Waals surface area contributed by atoms with Gasteiger partial charge in [0.05, 0.1) is 29.6 Å². The normalized spacial score (nSPS) is 31.9. The molecule has 6 aliphatic rings. The number of nitrogens with one attached hydrogen (secondary N) is 1. The molecule has 2 aromatic rings. The van der Waals surface area contributed by atoms with E-state index in [1.54, 1.807) is 114 Å². The topological polar surface area (TPSA) is 215 Å². The molecule has 18 heteroatoms.